The van der Waals surface area contributed by atoms with Crippen LogP contribution in [0.2, 0.25) is 0 Å². The normalized spacial score (nSPS) is 23.0. The standard InChI is InChI=1S/C27H33N3O5S2/c1-17-7-12-24-25(20(17)4)28-27(36-24)30(16-22-6-5-13-34-22)26(31)21-8-10-23(11-9-21)37(32,33)29-14-18(2)35-19(3)15-29/h7-12,18-19,22H,5-6,13-16H2,1-4H3. The lowest BCUT2D eigenvalue weighted by Crippen LogP contribution is -2.48. The van der Waals surface area contributed by atoms with E-state index in [4.69, 9.17) is 14.5 Å². The number of aryl methyl sites for hydroxylation is 2. The van der Waals surface area contributed by atoms with Gasteiger partial charge in [0.2, 0.25) is 10.0 Å². The van der Waals surface area contributed by atoms with Crippen LogP contribution in [0.4, 0.5) is 5.13 Å². The number of hydrogen-bond acceptors (Lipinski definition) is 7. The van der Waals surface area contributed by atoms with Crippen LogP contribution in [0.1, 0.15) is 48.2 Å². The smallest absolute Gasteiger partial charge is 0.260 e. The van der Waals surface area contributed by atoms with Gasteiger partial charge in [-0.15, -0.1) is 0 Å². The molecule has 2 aliphatic heterocycles. The Bertz CT molecular complexity index is 1390. The molecule has 3 atom stereocenters. The predicted octanol–water partition coefficient (Wildman–Crippen LogP) is 4.54. The van der Waals surface area contributed by atoms with Crippen LogP contribution in [0.3, 0.4) is 0 Å². The number of benzene rings is 2. The van der Waals surface area contributed by atoms with Crippen molar-refractivity contribution in [3.8, 4) is 0 Å². The Morgan fingerprint density at radius 1 is 1.11 bits per heavy atom. The number of rotatable bonds is 6. The van der Waals surface area contributed by atoms with Crippen molar-refractivity contribution in [3.05, 3.63) is 53.1 Å². The summed E-state index contributed by atoms with van der Waals surface area (Å²) in [7, 11) is -3.69. The van der Waals surface area contributed by atoms with E-state index in [0.29, 0.717) is 36.9 Å². The van der Waals surface area contributed by atoms with E-state index in [1.54, 1.807) is 17.0 Å². The molecule has 2 saturated heterocycles. The lowest BCUT2D eigenvalue weighted by molar-refractivity contribution is -0.0440. The Balaban J connectivity index is 1.44. The molecule has 37 heavy (non-hydrogen) atoms. The molecule has 0 aliphatic carbocycles. The molecule has 2 aromatic carbocycles. The molecule has 1 aromatic heterocycles. The molecule has 3 heterocycles. The Morgan fingerprint density at radius 3 is 2.46 bits per heavy atom. The molecular formula is C27H33N3O5S2. The number of thiazole rings is 1. The monoisotopic (exact) mass is 543 g/mol. The second-order valence-corrected chi connectivity index (χ2v) is 13.0. The summed E-state index contributed by atoms with van der Waals surface area (Å²) in [6, 6.07) is 10.3. The van der Waals surface area contributed by atoms with Crippen LogP contribution in [-0.2, 0) is 19.5 Å². The van der Waals surface area contributed by atoms with Gasteiger partial charge >= 0.3 is 0 Å². The number of hydrogen-bond donors (Lipinski definition) is 0. The second kappa shape index (κ2) is 10.4. The highest BCUT2D eigenvalue weighted by Gasteiger charge is 2.33. The van der Waals surface area contributed by atoms with E-state index < -0.39 is 10.0 Å². The maximum atomic E-state index is 13.8. The summed E-state index contributed by atoms with van der Waals surface area (Å²) in [5, 5.41) is 0.622. The largest absolute Gasteiger partial charge is 0.376 e. The van der Waals surface area contributed by atoms with Gasteiger partial charge in [0.15, 0.2) is 5.13 Å². The quantitative estimate of drug-likeness (QED) is 0.454. The maximum Gasteiger partial charge on any atom is 0.260 e. The van der Waals surface area contributed by atoms with E-state index in [-0.39, 0.29) is 29.1 Å². The number of aromatic nitrogens is 1. The van der Waals surface area contributed by atoms with Gasteiger partial charge in [-0.05, 0) is 82.0 Å². The van der Waals surface area contributed by atoms with Crippen molar-refractivity contribution in [1.82, 2.24) is 9.29 Å². The third-order valence-corrected chi connectivity index (χ3v) is 9.97. The van der Waals surface area contributed by atoms with Crippen molar-refractivity contribution in [1.29, 1.82) is 0 Å². The number of carbonyl (C=O) groups excluding carboxylic acids is 1. The van der Waals surface area contributed by atoms with Crippen LogP contribution in [-0.4, -0.2) is 68.2 Å². The summed E-state index contributed by atoms with van der Waals surface area (Å²) in [6.45, 7) is 9.54. The lowest BCUT2D eigenvalue weighted by atomic mass is 10.1. The first-order valence-corrected chi connectivity index (χ1v) is 14.9. The molecule has 3 unspecified atom stereocenters. The molecule has 0 spiro atoms. The number of ether oxygens (including phenoxy) is 2. The fourth-order valence-corrected chi connectivity index (χ4v) is 7.59. The summed E-state index contributed by atoms with van der Waals surface area (Å²) in [5.74, 6) is -0.221. The van der Waals surface area contributed by atoms with Crippen LogP contribution in [0.15, 0.2) is 41.3 Å². The van der Waals surface area contributed by atoms with E-state index in [1.165, 1.54) is 27.8 Å². The zero-order valence-corrected chi connectivity index (χ0v) is 23.3. The molecule has 0 N–H and O–H groups in total. The van der Waals surface area contributed by atoms with Crippen molar-refractivity contribution < 1.29 is 22.7 Å². The van der Waals surface area contributed by atoms with Crippen molar-refractivity contribution in [2.75, 3.05) is 31.1 Å². The van der Waals surface area contributed by atoms with E-state index in [2.05, 4.69) is 13.0 Å². The van der Waals surface area contributed by atoms with Gasteiger partial charge in [-0.1, -0.05) is 17.4 Å². The van der Waals surface area contributed by atoms with Crippen LogP contribution in [0.5, 0.6) is 0 Å². The molecule has 2 fully saturated rings. The summed E-state index contributed by atoms with van der Waals surface area (Å²) < 4.78 is 40.5. The maximum absolute atomic E-state index is 13.8. The zero-order chi connectivity index (χ0) is 26.3. The zero-order valence-electron chi connectivity index (χ0n) is 21.6. The first kappa shape index (κ1) is 26.2. The van der Waals surface area contributed by atoms with E-state index in [9.17, 15) is 13.2 Å². The van der Waals surface area contributed by atoms with Crippen molar-refractivity contribution in [3.63, 3.8) is 0 Å². The Morgan fingerprint density at radius 2 is 1.81 bits per heavy atom. The minimum absolute atomic E-state index is 0.0521. The molecule has 5 rings (SSSR count). The molecule has 0 saturated carbocycles. The van der Waals surface area contributed by atoms with Gasteiger partial charge in [0.25, 0.3) is 5.91 Å². The van der Waals surface area contributed by atoms with E-state index in [0.717, 1.165) is 34.2 Å². The van der Waals surface area contributed by atoms with Crippen LogP contribution in [0.25, 0.3) is 10.2 Å². The number of amides is 1. The first-order chi connectivity index (χ1) is 17.6. The van der Waals surface area contributed by atoms with E-state index in [1.807, 2.05) is 26.8 Å². The number of nitrogens with zero attached hydrogens (tertiary/aromatic N) is 3. The summed E-state index contributed by atoms with van der Waals surface area (Å²) >= 11 is 1.49. The van der Waals surface area contributed by atoms with Crippen molar-refractivity contribution in [2.45, 2.75) is 63.7 Å². The molecule has 10 heteroatoms. The van der Waals surface area contributed by atoms with Gasteiger partial charge in [-0.2, -0.15) is 4.31 Å². The fraction of sp³-hybridized carbons (Fsp3) is 0.481. The minimum Gasteiger partial charge on any atom is -0.376 e. The van der Waals surface area contributed by atoms with Crippen molar-refractivity contribution in [2.24, 2.45) is 0 Å². The third-order valence-electron chi connectivity index (χ3n) is 7.08. The van der Waals surface area contributed by atoms with Crippen molar-refractivity contribution >= 4 is 42.6 Å². The average Bonchev–Trinajstić information content (AvgIpc) is 3.54. The van der Waals surface area contributed by atoms with Gasteiger partial charge in [-0.3, -0.25) is 9.69 Å². The van der Waals surface area contributed by atoms with Crippen LogP contribution in [0, 0.1) is 13.8 Å². The van der Waals surface area contributed by atoms with Gasteiger partial charge in [-0.25, -0.2) is 13.4 Å². The average molecular weight is 544 g/mol. The second-order valence-electron chi connectivity index (χ2n) is 10.0. The minimum atomic E-state index is -3.69. The highest BCUT2D eigenvalue weighted by Crippen LogP contribution is 2.33. The van der Waals surface area contributed by atoms with Gasteiger partial charge in [0.05, 0.1) is 40.0 Å². The Kier molecular flexibility index (Phi) is 7.39. The number of fused-ring (bicyclic) bond motifs is 1. The highest BCUT2D eigenvalue weighted by molar-refractivity contribution is 7.89. The molecule has 198 valence electrons. The Labute approximate surface area is 222 Å². The molecule has 0 bridgehead atoms. The van der Waals surface area contributed by atoms with Gasteiger partial charge < -0.3 is 9.47 Å². The Hall–Kier alpha value is -2.37. The van der Waals surface area contributed by atoms with Gasteiger partial charge in [0.1, 0.15) is 0 Å². The van der Waals surface area contributed by atoms with Crippen LogP contribution >= 0.6 is 11.3 Å². The van der Waals surface area contributed by atoms with E-state index >= 15 is 0 Å². The number of carbonyl (C=O) groups is 1. The molecule has 0 radical (unpaired) electrons. The SMILES string of the molecule is Cc1ccc2sc(N(CC3CCCO3)C(=O)c3ccc(S(=O)(=O)N4CC(C)OC(C)C4)cc3)nc2c1C. The summed E-state index contributed by atoms with van der Waals surface area (Å²) in [5.41, 5.74) is 3.57. The topological polar surface area (TPSA) is 89.0 Å². The number of morpholine rings is 1. The molecule has 3 aromatic rings. The lowest BCUT2D eigenvalue weighted by Gasteiger charge is -2.34. The molecule has 2 aliphatic rings. The van der Waals surface area contributed by atoms with Gasteiger partial charge in [0, 0.05) is 25.3 Å². The fourth-order valence-electron chi connectivity index (χ4n) is 4.97. The first-order valence-electron chi connectivity index (χ1n) is 12.7. The number of sulfonamides is 1. The summed E-state index contributed by atoms with van der Waals surface area (Å²) in [4.78, 5) is 20.5. The molecule has 1 amide bonds. The third kappa shape index (κ3) is 5.31. The number of anilines is 1. The predicted molar refractivity (Wildman–Crippen MR) is 145 cm³/mol. The molecular weight excluding hydrogens is 510 g/mol. The molecule has 8 nitrogen and oxygen atoms in total. The summed E-state index contributed by atoms with van der Waals surface area (Å²) in [6.07, 6.45) is 1.46. The van der Waals surface area contributed by atoms with Crippen LogP contribution < -0.4 is 4.90 Å². The highest BCUT2D eigenvalue weighted by atomic mass is 32.2.